The zero-order chi connectivity index (χ0) is 22.3. The van der Waals surface area contributed by atoms with Crippen LogP contribution in [0.25, 0.3) is 22.2 Å². The molecule has 3 heterocycles. The first-order valence-corrected chi connectivity index (χ1v) is 10.2. The molecule has 0 unspecified atom stereocenters. The number of rotatable bonds is 5. The molecule has 10 heteroatoms. The number of nitrogens with zero attached hydrogens (tertiary/aromatic N) is 5. The van der Waals surface area contributed by atoms with E-state index in [4.69, 9.17) is 11.5 Å². The molecule has 162 valence electrons. The lowest BCUT2D eigenvalue weighted by Crippen LogP contribution is -2.42. The SMILES string of the molecule is NC(=O)n1ncc2c(N)c(-c3ccc(NCC4(c5ncccc5F)CCC4)nn3)ccc21. The summed E-state index contributed by atoms with van der Waals surface area (Å²) >= 11 is 0. The molecule has 0 aliphatic heterocycles. The lowest BCUT2D eigenvalue weighted by molar-refractivity contribution is 0.243. The Bertz CT molecular complexity index is 1310. The standard InChI is InChI=1S/C22H21FN8O/c23-15-3-1-10-26-20(15)22(8-2-9-22)12-27-18-7-5-16(29-30-18)13-4-6-17-14(19(13)24)11-28-31(17)21(25)32/h1,3-7,10-11H,2,8-9,12,24H2,(H2,25,32)(H,27,30). The lowest BCUT2D eigenvalue weighted by Gasteiger charge is -2.41. The number of nitrogens with one attached hydrogen (secondary N) is 1. The number of carbonyl (C=O) groups is 1. The summed E-state index contributed by atoms with van der Waals surface area (Å²) in [5.41, 5.74) is 14.0. The second kappa shape index (κ2) is 7.56. The fraction of sp³-hybridized carbons (Fsp3) is 0.227. The molecular formula is C22H21FN8O. The van der Waals surface area contributed by atoms with Crippen molar-refractivity contribution in [2.24, 2.45) is 5.73 Å². The van der Waals surface area contributed by atoms with Gasteiger partial charge < -0.3 is 16.8 Å². The van der Waals surface area contributed by atoms with Gasteiger partial charge in [-0.2, -0.15) is 9.78 Å². The number of aromatic nitrogens is 5. The monoisotopic (exact) mass is 432 g/mol. The number of nitrogens with two attached hydrogens (primary N) is 2. The number of anilines is 2. The maximum Gasteiger partial charge on any atom is 0.340 e. The molecular weight excluding hydrogens is 411 g/mol. The van der Waals surface area contributed by atoms with Crippen LogP contribution in [-0.4, -0.2) is 37.5 Å². The Morgan fingerprint density at radius 3 is 2.69 bits per heavy atom. The van der Waals surface area contributed by atoms with Crippen LogP contribution in [0.2, 0.25) is 0 Å². The Balaban J connectivity index is 1.36. The van der Waals surface area contributed by atoms with Gasteiger partial charge in [-0.3, -0.25) is 4.98 Å². The molecule has 5 rings (SSSR count). The first-order chi connectivity index (χ1) is 15.5. The van der Waals surface area contributed by atoms with Crippen molar-refractivity contribution in [1.82, 2.24) is 25.0 Å². The summed E-state index contributed by atoms with van der Waals surface area (Å²) in [7, 11) is 0. The number of halogens is 1. The average Bonchev–Trinajstić information content (AvgIpc) is 3.20. The van der Waals surface area contributed by atoms with Gasteiger partial charge in [-0.1, -0.05) is 6.42 Å². The summed E-state index contributed by atoms with van der Waals surface area (Å²) in [6, 6.07) is 9.45. The smallest absolute Gasteiger partial charge is 0.340 e. The highest BCUT2D eigenvalue weighted by Gasteiger charge is 2.41. The van der Waals surface area contributed by atoms with Crippen molar-refractivity contribution in [3.8, 4) is 11.3 Å². The lowest BCUT2D eigenvalue weighted by atomic mass is 9.66. The quantitative estimate of drug-likeness (QED) is 0.412. The van der Waals surface area contributed by atoms with E-state index in [1.165, 1.54) is 12.3 Å². The normalized spacial score (nSPS) is 14.8. The van der Waals surface area contributed by atoms with Gasteiger partial charge >= 0.3 is 6.03 Å². The van der Waals surface area contributed by atoms with Gasteiger partial charge in [0.1, 0.15) is 11.6 Å². The predicted molar refractivity (Wildman–Crippen MR) is 118 cm³/mol. The van der Waals surface area contributed by atoms with E-state index >= 15 is 0 Å². The highest BCUT2D eigenvalue weighted by Crippen LogP contribution is 2.43. The predicted octanol–water partition coefficient (Wildman–Crippen LogP) is 3.07. The fourth-order valence-electron chi connectivity index (χ4n) is 4.23. The number of pyridine rings is 1. The number of nitrogen functional groups attached to an aromatic ring is 1. The molecule has 0 bridgehead atoms. The van der Waals surface area contributed by atoms with E-state index in [0.717, 1.165) is 23.9 Å². The van der Waals surface area contributed by atoms with Gasteiger partial charge in [0.25, 0.3) is 0 Å². The molecule has 1 saturated carbocycles. The third kappa shape index (κ3) is 3.20. The molecule has 3 aromatic heterocycles. The summed E-state index contributed by atoms with van der Waals surface area (Å²) in [5, 5.41) is 16.4. The molecule has 1 fully saturated rings. The highest BCUT2D eigenvalue weighted by molar-refractivity contribution is 6.01. The van der Waals surface area contributed by atoms with Gasteiger partial charge in [-0.05, 0) is 49.2 Å². The molecule has 1 aromatic carbocycles. The minimum Gasteiger partial charge on any atom is -0.398 e. The zero-order valence-electron chi connectivity index (χ0n) is 17.1. The van der Waals surface area contributed by atoms with Gasteiger partial charge in [0, 0.05) is 29.1 Å². The Morgan fingerprint density at radius 1 is 1.19 bits per heavy atom. The second-order valence-electron chi connectivity index (χ2n) is 7.98. The van der Waals surface area contributed by atoms with Crippen molar-refractivity contribution in [1.29, 1.82) is 0 Å². The highest BCUT2D eigenvalue weighted by atomic mass is 19.1. The van der Waals surface area contributed by atoms with Gasteiger partial charge in [-0.25, -0.2) is 9.18 Å². The van der Waals surface area contributed by atoms with Crippen molar-refractivity contribution < 1.29 is 9.18 Å². The molecule has 0 atom stereocenters. The van der Waals surface area contributed by atoms with Crippen LogP contribution in [0.3, 0.4) is 0 Å². The van der Waals surface area contributed by atoms with E-state index < -0.39 is 6.03 Å². The van der Waals surface area contributed by atoms with E-state index in [1.54, 1.807) is 36.5 Å². The van der Waals surface area contributed by atoms with E-state index in [9.17, 15) is 9.18 Å². The molecule has 1 aliphatic carbocycles. The minimum absolute atomic E-state index is 0.277. The van der Waals surface area contributed by atoms with Crippen LogP contribution in [0.15, 0.2) is 48.8 Å². The summed E-state index contributed by atoms with van der Waals surface area (Å²) in [6.45, 7) is 0.523. The summed E-state index contributed by atoms with van der Waals surface area (Å²) in [6.07, 6.45) is 5.90. The number of fused-ring (bicyclic) bond motifs is 1. The van der Waals surface area contributed by atoms with E-state index in [1.807, 2.05) is 0 Å². The number of primary amides is 1. The van der Waals surface area contributed by atoms with Crippen LogP contribution >= 0.6 is 0 Å². The number of benzene rings is 1. The molecule has 1 amide bonds. The fourth-order valence-corrected chi connectivity index (χ4v) is 4.23. The van der Waals surface area contributed by atoms with Gasteiger partial charge in [0.15, 0.2) is 0 Å². The average molecular weight is 432 g/mol. The van der Waals surface area contributed by atoms with Crippen molar-refractivity contribution in [2.75, 3.05) is 17.6 Å². The summed E-state index contributed by atoms with van der Waals surface area (Å²) < 4.78 is 15.4. The third-order valence-corrected chi connectivity index (χ3v) is 6.12. The van der Waals surface area contributed by atoms with E-state index in [0.29, 0.717) is 45.9 Å². The maximum absolute atomic E-state index is 14.3. The van der Waals surface area contributed by atoms with E-state index in [2.05, 4.69) is 25.6 Å². The van der Waals surface area contributed by atoms with Crippen LogP contribution in [-0.2, 0) is 5.41 Å². The Morgan fingerprint density at radius 2 is 2.03 bits per heavy atom. The first-order valence-electron chi connectivity index (χ1n) is 10.2. The zero-order valence-corrected chi connectivity index (χ0v) is 17.1. The number of amides is 1. The Labute approximate surface area is 182 Å². The van der Waals surface area contributed by atoms with Crippen LogP contribution in [0.1, 0.15) is 25.0 Å². The Kier molecular flexibility index (Phi) is 4.69. The molecule has 0 saturated heterocycles. The number of carbonyl (C=O) groups excluding carboxylic acids is 1. The molecule has 9 nitrogen and oxygen atoms in total. The molecule has 4 aromatic rings. The van der Waals surface area contributed by atoms with Crippen molar-refractivity contribution in [3.05, 3.63) is 60.3 Å². The molecule has 32 heavy (non-hydrogen) atoms. The second-order valence-corrected chi connectivity index (χ2v) is 7.98. The van der Waals surface area contributed by atoms with Crippen LogP contribution in [0.5, 0.6) is 0 Å². The minimum atomic E-state index is -0.683. The summed E-state index contributed by atoms with van der Waals surface area (Å²) in [4.78, 5) is 15.8. The van der Waals surface area contributed by atoms with Crippen LogP contribution in [0, 0.1) is 5.82 Å². The third-order valence-electron chi connectivity index (χ3n) is 6.12. The number of hydrogen-bond acceptors (Lipinski definition) is 7. The van der Waals surface area contributed by atoms with Crippen molar-refractivity contribution in [2.45, 2.75) is 24.7 Å². The molecule has 5 N–H and O–H groups in total. The largest absolute Gasteiger partial charge is 0.398 e. The maximum atomic E-state index is 14.3. The van der Waals surface area contributed by atoms with Crippen LogP contribution < -0.4 is 16.8 Å². The topological polar surface area (TPSA) is 138 Å². The molecule has 0 radical (unpaired) electrons. The van der Waals surface area contributed by atoms with Gasteiger partial charge in [-0.15, -0.1) is 10.2 Å². The van der Waals surface area contributed by atoms with Crippen molar-refractivity contribution >= 4 is 28.4 Å². The van der Waals surface area contributed by atoms with E-state index in [-0.39, 0.29) is 11.2 Å². The van der Waals surface area contributed by atoms with Gasteiger partial charge in [0.2, 0.25) is 0 Å². The first kappa shape index (κ1) is 19.9. The van der Waals surface area contributed by atoms with Crippen molar-refractivity contribution in [3.63, 3.8) is 0 Å². The number of hydrogen-bond donors (Lipinski definition) is 3. The summed E-state index contributed by atoms with van der Waals surface area (Å²) in [5.74, 6) is 0.304. The Hall–Kier alpha value is -4.08. The van der Waals surface area contributed by atoms with Gasteiger partial charge in [0.05, 0.1) is 28.8 Å². The molecule has 1 aliphatic rings. The molecule has 0 spiro atoms. The van der Waals surface area contributed by atoms with Crippen LogP contribution in [0.4, 0.5) is 20.7 Å².